The number of amides is 1. The van der Waals surface area contributed by atoms with E-state index in [1.54, 1.807) is 4.90 Å². The van der Waals surface area contributed by atoms with Crippen molar-refractivity contribution in [3.8, 4) is 0 Å². The molecule has 3 rings (SSSR count). The van der Waals surface area contributed by atoms with Crippen molar-refractivity contribution in [1.29, 1.82) is 0 Å². The van der Waals surface area contributed by atoms with E-state index < -0.39 is 10.0 Å². The lowest BCUT2D eigenvalue weighted by atomic mass is 10.2. The summed E-state index contributed by atoms with van der Waals surface area (Å²) < 4.78 is 26.8. The normalized spacial score (nSPS) is 16.0. The van der Waals surface area contributed by atoms with E-state index in [4.69, 9.17) is 0 Å². The fraction of sp³-hybridized carbons (Fsp3) is 0.381. The molecule has 28 heavy (non-hydrogen) atoms. The predicted molar refractivity (Wildman–Crippen MR) is 112 cm³/mol. The van der Waals surface area contributed by atoms with Crippen LogP contribution < -0.4 is 4.90 Å². The average molecular weight is 402 g/mol. The summed E-state index contributed by atoms with van der Waals surface area (Å²) in [6.07, 6.45) is 0. The SMILES string of the molecule is CCN(C(=O)CN1CCN(S(=O)(=O)Cc2ccccc2)CC1)c1ccccc1. The zero-order valence-corrected chi connectivity index (χ0v) is 17.0. The first-order chi connectivity index (χ1) is 13.5. The van der Waals surface area contributed by atoms with Gasteiger partial charge in [-0.1, -0.05) is 48.5 Å². The second kappa shape index (κ2) is 9.32. The number of sulfonamides is 1. The van der Waals surface area contributed by atoms with Crippen LogP contribution in [0.1, 0.15) is 12.5 Å². The van der Waals surface area contributed by atoms with Crippen LogP contribution in [0.4, 0.5) is 5.69 Å². The maximum Gasteiger partial charge on any atom is 0.241 e. The zero-order valence-electron chi connectivity index (χ0n) is 16.2. The summed E-state index contributed by atoms with van der Waals surface area (Å²) in [7, 11) is -3.34. The molecule has 0 N–H and O–H groups in total. The minimum atomic E-state index is -3.34. The van der Waals surface area contributed by atoms with Crippen molar-refractivity contribution in [2.75, 3.05) is 44.2 Å². The Morgan fingerprint density at radius 1 is 0.929 bits per heavy atom. The Morgan fingerprint density at radius 2 is 1.50 bits per heavy atom. The molecule has 2 aromatic carbocycles. The number of piperazine rings is 1. The van der Waals surface area contributed by atoms with Gasteiger partial charge in [-0.2, -0.15) is 4.31 Å². The molecule has 0 saturated carbocycles. The maximum atomic E-state index is 12.7. The number of hydrogen-bond donors (Lipinski definition) is 0. The topological polar surface area (TPSA) is 60.9 Å². The highest BCUT2D eigenvalue weighted by atomic mass is 32.2. The molecule has 1 aliphatic heterocycles. The van der Waals surface area contributed by atoms with Crippen LogP contribution >= 0.6 is 0 Å². The Hall–Kier alpha value is -2.22. The predicted octanol–water partition coefficient (Wildman–Crippen LogP) is 2.19. The van der Waals surface area contributed by atoms with Crippen molar-refractivity contribution in [3.63, 3.8) is 0 Å². The Balaban J connectivity index is 1.54. The van der Waals surface area contributed by atoms with Gasteiger partial charge in [0.05, 0.1) is 12.3 Å². The molecule has 0 aliphatic carbocycles. The first-order valence-corrected chi connectivity index (χ1v) is 11.2. The lowest BCUT2D eigenvalue weighted by Crippen LogP contribution is -2.51. The second-order valence-electron chi connectivity index (χ2n) is 6.89. The monoisotopic (exact) mass is 401 g/mol. The van der Waals surface area contributed by atoms with Crippen molar-refractivity contribution >= 4 is 21.6 Å². The third-order valence-electron chi connectivity index (χ3n) is 4.96. The first-order valence-electron chi connectivity index (χ1n) is 9.59. The van der Waals surface area contributed by atoms with Gasteiger partial charge in [-0.3, -0.25) is 9.69 Å². The fourth-order valence-electron chi connectivity index (χ4n) is 3.43. The minimum Gasteiger partial charge on any atom is -0.312 e. The number of anilines is 1. The fourth-order valence-corrected chi connectivity index (χ4v) is 4.95. The molecule has 7 heteroatoms. The lowest BCUT2D eigenvalue weighted by Gasteiger charge is -2.34. The number of nitrogens with zero attached hydrogens (tertiary/aromatic N) is 3. The standard InChI is InChI=1S/C21H27N3O3S/c1-2-24(20-11-7-4-8-12-20)21(25)17-22-13-15-23(16-14-22)28(26,27)18-19-9-5-3-6-10-19/h3-12H,2,13-18H2,1H3. The highest BCUT2D eigenvalue weighted by Gasteiger charge is 2.28. The van der Waals surface area contributed by atoms with E-state index in [0.717, 1.165) is 11.3 Å². The van der Waals surface area contributed by atoms with Crippen LogP contribution in [0, 0.1) is 0 Å². The molecule has 0 spiro atoms. The second-order valence-corrected chi connectivity index (χ2v) is 8.86. The van der Waals surface area contributed by atoms with Crippen LogP contribution in [0.15, 0.2) is 60.7 Å². The van der Waals surface area contributed by atoms with Crippen molar-refractivity contribution in [2.45, 2.75) is 12.7 Å². The molecule has 6 nitrogen and oxygen atoms in total. The number of para-hydroxylation sites is 1. The van der Waals surface area contributed by atoms with E-state index in [-0.39, 0.29) is 11.7 Å². The van der Waals surface area contributed by atoms with Gasteiger partial charge in [0.25, 0.3) is 0 Å². The zero-order chi connectivity index (χ0) is 20.0. The largest absolute Gasteiger partial charge is 0.312 e. The number of benzene rings is 2. The van der Waals surface area contributed by atoms with E-state index in [1.807, 2.05) is 72.5 Å². The van der Waals surface area contributed by atoms with Crippen molar-refractivity contribution in [3.05, 3.63) is 66.2 Å². The van der Waals surface area contributed by atoms with Crippen LogP contribution in [-0.2, 0) is 20.6 Å². The van der Waals surface area contributed by atoms with Crippen LogP contribution in [0.3, 0.4) is 0 Å². The lowest BCUT2D eigenvalue weighted by molar-refractivity contribution is -0.120. The molecule has 0 aromatic heterocycles. The number of hydrogen-bond acceptors (Lipinski definition) is 4. The maximum absolute atomic E-state index is 12.7. The summed E-state index contributed by atoms with van der Waals surface area (Å²) in [5.41, 5.74) is 1.68. The molecule has 1 saturated heterocycles. The van der Waals surface area contributed by atoms with Crippen LogP contribution in [0.5, 0.6) is 0 Å². The van der Waals surface area contributed by atoms with E-state index in [0.29, 0.717) is 39.3 Å². The highest BCUT2D eigenvalue weighted by Crippen LogP contribution is 2.16. The quantitative estimate of drug-likeness (QED) is 0.714. The highest BCUT2D eigenvalue weighted by molar-refractivity contribution is 7.88. The number of rotatable bonds is 7. The summed E-state index contributed by atoms with van der Waals surface area (Å²) in [4.78, 5) is 16.5. The summed E-state index contributed by atoms with van der Waals surface area (Å²) >= 11 is 0. The smallest absolute Gasteiger partial charge is 0.241 e. The van der Waals surface area contributed by atoms with Crippen molar-refractivity contribution in [2.24, 2.45) is 0 Å². The number of carbonyl (C=O) groups excluding carboxylic acids is 1. The van der Waals surface area contributed by atoms with Gasteiger partial charge in [-0.25, -0.2) is 8.42 Å². The molecular weight excluding hydrogens is 374 g/mol. The number of carbonyl (C=O) groups is 1. The summed E-state index contributed by atoms with van der Waals surface area (Å²) in [6, 6.07) is 18.8. The third-order valence-corrected chi connectivity index (χ3v) is 6.81. The molecule has 1 amide bonds. The van der Waals surface area contributed by atoms with Gasteiger partial charge in [0.15, 0.2) is 0 Å². The minimum absolute atomic E-state index is 0.0182. The molecule has 1 fully saturated rings. The third kappa shape index (κ3) is 5.19. The Morgan fingerprint density at radius 3 is 2.07 bits per heavy atom. The van der Waals surface area contributed by atoms with E-state index in [9.17, 15) is 13.2 Å². The average Bonchev–Trinajstić information content (AvgIpc) is 2.70. The van der Waals surface area contributed by atoms with Gasteiger partial charge >= 0.3 is 0 Å². The summed E-state index contributed by atoms with van der Waals surface area (Å²) in [6.45, 7) is 4.82. The van der Waals surface area contributed by atoms with Crippen LogP contribution in [-0.4, -0.2) is 62.8 Å². The molecule has 150 valence electrons. The molecule has 0 bridgehead atoms. The molecule has 0 atom stereocenters. The molecule has 0 radical (unpaired) electrons. The summed E-state index contributed by atoms with van der Waals surface area (Å²) in [5.74, 6) is 0.0546. The Labute approximate surface area is 167 Å². The van der Waals surface area contributed by atoms with Gasteiger partial charge in [-0.05, 0) is 24.6 Å². The van der Waals surface area contributed by atoms with Gasteiger partial charge in [0.1, 0.15) is 0 Å². The molecule has 1 heterocycles. The van der Waals surface area contributed by atoms with E-state index in [1.165, 1.54) is 4.31 Å². The molecular formula is C21H27N3O3S. The van der Waals surface area contributed by atoms with Crippen molar-refractivity contribution < 1.29 is 13.2 Å². The van der Waals surface area contributed by atoms with Crippen LogP contribution in [0.2, 0.25) is 0 Å². The van der Waals surface area contributed by atoms with Crippen LogP contribution in [0.25, 0.3) is 0 Å². The van der Waals surface area contributed by atoms with Gasteiger partial charge < -0.3 is 4.90 Å². The van der Waals surface area contributed by atoms with Gasteiger partial charge in [0, 0.05) is 38.4 Å². The van der Waals surface area contributed by atoms with Crippen molar-refractivity contribution in [1.82, 2.24) is 9.21 Å². The number of likely N-dealkylation sites (N-methyl/N-ethyl adjacent to an activating group) is 1. The Kier molecular flexibility index (Phi) is 6.83. The molecule has 2 aromatic rings. The molecule has 0 unspecified atom stereocenters. The van der Waals surface area contributed by atoms with E-state index in [2.05, 4.69) is 0 Å². The Bertz CT molecular complexity index is 864. The summed E-state index contributed by atoms with van der Waals surface area (Å²) in [5, 5.41) is 0. The van der Waals surface area contributed by atoms with Gasteiger partial charge in [0.2, 0.25) is 15.9 Å². The van der Waals surface area contributed by atoms with Gasteiger partial charge in [-0.15, -0.1) is 0 Å². The van der Waals surface area contributed by atoms with E-state index >= 15 is 0 Å². The molecule has 1 aliphatic rings. The first kappa shape index (κ1) is 20.5.